The van der Waals surface area contributed by atoms with E-state index in [1.165, 1.54) is 23.9 Å². The van der Waals surface area contributed by atoms with Crippen LogP contribution >= 0.6 is 11.8 Å². The molecular weight excluding hydrogens is 435 g/mol. The van der Waals surface area contributed by atoms with E-state index in [-0.39, 0.29) is 17.6 Å². The van der Waals surface area contributed by atoms with E-state index in [1.54, 1.807) is 30.3 Å². The van der Waals surface area contributed by atoms with Crippen LogP contribution in [0.4, 0.5) is 10.1 Å². The van der Waals surface area contributed by atoms with E-state index in [2.05, 4.69) is 10.6 Å². The molecule has 162 valence electrons. The summed E-state index contributed by atoms with van der Waals surface area (Å²) in [4.78, 5) is 27.2. The highest BCUT2D eigenvalue weighted by Crippen LogP contribution is 2.39. The Balaban J connectivity index is 1.30. The lowest BCUT2D eigenvalue weighted by molar-refractivity contribution is 0.0949. The number of hydrogen-bond acceptors (Lipinski definition) is 3. The zero-order valence-corrected chi connectivity index (χ0v) is 18.3. The number of carbonyl (C=O) groups is 2. The Labute approximate surface area is 194 Å². The summed E-state index contributed by atoms with van der Waals surface area (Å²) in [6, 6.07) is 26.8. The van der Waals surface area contributed by atoms with Crippen LogP contribution in [0, 0.1) is 5.82 Å². The highest BCUT2D eigenvalue weighted by Gasteiger charge is 2.20. The van der Waals surface area contributed by atoms with Crippen molar-refractivity contribution in [1.82, 2.24) is 5.32 Å². The minimum Gasteiger partial charge on any atom is -0.348 e. The lowest BCUT2D eigenvalue weighted by Crippen LogP contribution is -2.23. The quantitative estimate of drug-likeness (QED) is 0.389. The van der Waals surface area contributed by atoms with Crippen LogP contribution in [0.5, 0.6) is 0 Å². The maximum atomic E-state index is 13.2. The number of nitrogens with one attached hydrogen (secondary N) is 2. The van der Waals surface area contributed by atoms with E-state index < -0.39 is 0 Å². The summed E-state index contributed by atoms with van der Waals surface area (Å²) in [5.74, 6) is -0.695. The van der Waals surface area contributed by atoms with E-state index >= 15 is 0 Å². The van der Waals surface area contributed by atoms with Gasteiger partial charge in [-0.2, -0.15) is 0 Å². The van der Waals surface area contributed by atoms with Gasteiger partial charge in [0.15, 0.2) is 0 Å². The Kier molecular flexibility index (Phi) is 5.67. The van der Waals surface area contributed by atoms with Crippen LogP contribution in [-0.2, 0) is 6.54 Å². The molecule has 4 aromatic rings. The van der Waals surface area contributed by atoms with Crippen LogP contribution in [0.3, 0.4) is 0 Å². The first-order valence-electron chi connectivity index (χ1n) is 10.4. The minimum absolute atomic E-state index is 0.188. The molecule has 1 heterocycles. The first-order valence-corrected chi connectivity index (χ1v) is 11.2. The summed E-state index contributed by atoms with van der Waals surface area (Å²) < 4.78 is 13.2. The van der Waals surface area contributed by atoms with Crippen LogP contribution in [0.2, 0.25) is 0 Å². The molecule has 0 unspecified atom stereocenters. The van der Waals surface area contributed by atoms with Crippen LogP contribution in [0.1, 0.15) is 26.3 Å². The van der Waals surface area contributed by atoms with E-state index in [0.29, 0.717) is 23.4 Å². The molecule has 0 fully saturated rings. The van der Waals surface area contributed by atoms with Crippen molar-refractivity contribution in [3.63, 3.8) is 0 Å². The van der Waals surface area contributed by atoms with Gasteiger partial charge in [0.25, 0.3) is 11.8 Å². The number of benzene rings is 4. The van der Waals surface area contributed by atoms with Crippen molar-refractivity contribution >= 4 is 29.3 Å². The van der Waals surface area contributed by atoms with Gasteiger partial charge in [0, 0.05) is 21.9 Å². The molecule has 4 aromatic carbocycles. The average molecular weight is 455 g/mol. The number of fused-ring (bicyclic) bond motifs is 2. The van der Waals surface area contributed by atoms with E-state index in [0.717, 1.165) is 26.5 Å². The second-order valence-electron chi connectivity index (χ2n) is 7.65. The average Bonchev–Trinajstić information content (AvgIpc) is 2.98. The van der Waals surface area contributed by atoms with Crippen molar-refractivity contribution < 1.29 is 14.0 Å². The summed E-state index contributed by atoms with van der Waals surface area (Å²) in [6.07, 6.45) is 0. The van der Waals surface area contributed by atoms with E-state index in [1.807, 2.05) is 48.5 Å². The topological polar surface area (TPSA) is 58.2 Å². The normalized spacial score (nSPS) is 12.2. The number of carbonyl (C=O) groups excluding carboxylic acids is 2. The molecular formula is C27H19FN2O2S. The summed E-state index contributed by atoms with van der Waals surface area (Å²) in [5.41, 5.74) is 4.49. The Morgan fingerprint density at radius 2 is 1.67 bits per heavy atom. The lowest BCUT2D eigenvalue weighted by atomic mass is 10.0. The number of anilines is 1. The van der Waals surface area contributed by atoms with Crippen molar-refractivity contribution in [3.8, 4) is 11.1 Å². The fourth-order valence-corrected chi connectivity index (χ4v) is 4.71. The zero-order chi connectivity index (χ0) is 22.8. The van der Waals surface area contributed by atoms with Gasteiger partial charge in [-0.05, 0) is 65.2 Å². The highest BCUT2D eigenvalue weighted by atomic mass is 32.2. The fraction of sp³-hybridized carbons (Fsp3) is 0.0370. The third kappa shape index (κ3) is 4.52. The van der Waals surface area contributed by atoms with Gasteiger partial charge in [-0.3, -0.25) is 9.59 Å². The van der Waals surface area contributed by atoms with Crippen molar-refractivity contribution in [2.75, 3.05) is 5.32 Å². The zero-order valence-electron chi connectivity index (χ0n) is 17.5. The molecule has 5 rings (SSSR count). The van der Waals surface area contributed by atoms with E-state index in [9.17, 15) is 14.0 Å². The predicted octanol–water partition coefficient (Wildman–Crippen LogP) is 6.14. The summed E-state index contributed by atoms with van der Waals surface area (Å²) in [5, 5.41) is 5.85. The van der Waals surface area contributed by atoms with Crippen molar-refractivity contribution in [3.05, 3.63) is 114 Å². The molecule has 0 atom stereocenters. The molecule has 1 aliphatic heterocycles. The molecule has 2 amide bonds. The molecule has 0 aromatic heterocycles. The maximum Gasteiger partial charge on any atom is 0.256 e. The van der Waals surface area contributed by atoms with Gasteiger partial charge in [-0.1, -0.05) is 54.2 Å². The molecule has 0 spiro atoms. The summed E-state index contributed by atoms with van der Waals surface area (Å²) in [6.45, 7) is 0.345. The van der Waals surface area contributed by atoms with Crippen LogP contribution < -0.4 is 10.6 Å². The Hall–Kier alpha value is -3.90. The molecule has 4 nitrogen and oxygen atoms in total. The van der Waals surface area contributed by atoms with E-state index in [4.69, 9.17) is 0 Å². The van der Waals surface area contributed by atoms with Crippen LogP contribution in [0.25, 0.3) is 11.1 Å². The molecule has 1 aliphatic rings. The smallest absolute Gasteiger partial charge is 0.256 e. The molecule has 6 heteroatoms. The monoisotopic (exact) mass is 454 g/mol. The van der Waals surface area contributed by atoms with Gasteiger partial charge in [0.2, 0.25) is 0 Å². The molecule has 0 radical (unpaired) electrons. The second-order valence-corrected chi connectivity index (χ2v) is 8.74. The number of halogens is 1. The third-order valence-corrected chi connectivity index (χ3v) is 6.55. The minimum atomic E-state index is -0.276. The maximum absolute atomic E-state index is 13.2. The summed E-state index contributed by atoms with van der Waals surface area (Å²) in [7, 11) is 0. The van der Waals surface area contributed by atoms with Gasteiger partial charge in [0.05, 0.1) is 11.3 Å². The SMILES string of the molecule is O=C(NCc1cccc(-c2ccc(F)cc2)c1)c1ccc2c(c1)NC(=O)c1ccccc1S2. The third-order valence-electron chi connectivity index (χ3n) is 5.40. The summed E-state index contributed by atoms with van der Waals surface area (Å²) >= 11 is 1.50. The highest BCUT2D eigenvalue weighted by molar-refractivity contribution is 7.99. The second kappa shape index (κ2) is 8.92. The first kappa shape index (κ1) is 21.0. The first-order chi connectivity index (χ1) is 16.1. The van der Waals surface area contributed by atoms with Gasteiger partial charge in [-0.15, -0.1) is 0 Å². The predicted molar refractivity (Wildman–Crippen MR) is 128 cm³/mol. The standard InChI is InChI=1S/C27H19FN2O2S/c28-21-11-8-18(9-12-21)19-5-3-4-17(14-19)16-29-26(31)20-10-13-25-23(15-20)30-27(32)22-6-1-2-7-24(22)33-25/h1-15H,16H2,(H,29,31)(H,30,32). The lowest BCUT2D eigenvalue weighted by Gasteiger charge is -2.11. The van der Waals surface area contributed by atoms with Gasteiger partial charge < -0.3 is 10.6 Å². The number of hydrogen-bond donors (Lipinski definition) is 2. The van der Waals surface area contributed by atoms with Crippen molar-refractivity contribution in [2.45, 2.75) is 16.3 Å². The van der Waals surface area contributed by atoms with Crippen LogP contribution in [-0.4, -0.2) is 11.8 Å². The molecule has 33 heavy (non-hydrogen) atoms. The van der Waals surface area contributed by atoms with Crippen LogP contribution in [0.15, 0.2) is 101 Å². The molecule has 2 N–H and O–H groups in total. The van der Waals surface area contributed by atoms with Gasteiger partial charge >= 0.3 is 0 Å². The molecule has 0 saturated carbocycles. The van der Waals surface area contributed by atoms with Gasteiger partial charge in [0.1, 0.15) is 5.82 Å². The van der Waals surface area contributed by atoms with Crippen molar-refractivity contribution in [1.29, 1.82) is 0 Å². The largest absolute Gasteiger partial charge is 0.348 e. The molecule has 0 saturated heterocycles. The molecule has 0 aliphatic carbocycles. The Morgan fingerprint density at radius 3 is 2.52 bits per heavy atom. The number of amides is 2. The molecule has 0 bridgehead atoms. The fourth-order valence-electron chi connectivity index (χ4n) is 3.70. The number of rotatable bonds is 4. The Bertz CT molecular complexity index is 1370. The Morgan fingerprint density at radius 1 is 0.848 bits per heavy atom. The van der Waals surface area contributed by atoms with Gasteiger partial charge in [-0.25, -0.2) is 4.39 Å². The van der Waals surface area contributed by atoms with Crippen molar-refractivity contribution in [2.24, 2.45) is 0 Å².